The molecule has 3 aromatic carbocycles. The Bertz CT molecular complexity index is 988. The summed E-state index contributed by atoms with van der Waals surface area (Å²) in [7, 11) is 0. The predicted octanol–water partition coefficient (Wildman–Crippen LogP) is 5.67. The second-order valence-electron chi connectivity index (χ2n) is 5.84. The zero-order valence-corrected chi connectivity index (χ0v) is 17.9. The smallest absolute Gasteiger partial charge is 0.277 e. The van der Waals surface area contributed by atoms with E-state index in [4.69, 9.17) is 4.74 Å². The highest BCUT2D eigenvalue weighted by Gasteiger charge is 2.09. The largest absolute Gasteiger partial charge is 0.483 e. The first kappa shape index (κ1) is 19.6. The van der Waals surface area contributed by atoms with Crippen LogP contribution in [-0.2, 0) is 4.79 Å². The van der Waals surface area contributed by atoms with E-state index in [9.17, 15) is 4.79 Å². The van der Waals surface area contributed by atoms with Gasteiger partial charge in [-0.2, -0.15) is 5.10 Å². The van der Waals surface area contributed by atoms with Crippen molar-refractivity contribution in [2.24, 2.45) is 5.10 Å². The number of nitrogens with zero attached hydrogens (tertiary/aromatic N) is 1. The molecule has 1 amide bonds. The number of amides is 1. The number of carbonyl (C=O) groups is 1. The van der Waals surface area contributed by atoms with Crippen molar-refractivity contribution in [1.82, 2.24) is 5.43 Å². The van der Waals surface area contributed by atoms with Crippen molar-refractivity contribution >= 4 is 54.3 Å². The normalized spacial score (nSPS) is 11.4. The Morgan fingerprint density at radius 3 is 2.59 bits per heavy atom. The Balaban J connectivity index is 1.65. The summed E-state index contributed by atoms with van der Waals surface area (Å²) in [5.74, 6) is 0.308. The van der Waals surface area contributed by atoms with Gasteiger partial charge in [0.15, 0.2) is 6.61 Å². The molecule has 3 aromatic rings. The van der Waals surface area contributed by atoms with Gasteiger partial charge in [-0.1, -0.05) is 65.3 Å². The highest BCUT2D eigenvalue weighted by Crippen LogP contribution is 2.34. The molecule has 0 aliphatic heterocycles. The summed E-state index contributed by atoms with van der Waals surface area (Å²) in [6.07, 6.45) is 0.719. The molecule has 0 aliphatic rings. The third kappa shape index (κ3) is 4.96. The summed E-state index contributed by atoms with van der Waals surface area (Å²) in [6.45, 7) is 1.88. The van der Waals surface area contributed by atoms with Gasteiger partial charge in [0.05, 0.1) is 10.2 Å². The first-order valence-electron chi connectivity index (χ1n) is 8.50. The van der Waals surface area contributed by atoms with Crippen LogP contribution in [0.15, 0.2) is 74.7 Å². The maximum absolute atomic E-state index is 12.1. The fraction of sp³-hybridized carbons (Fsp3) is 0.143. The van der Waals surface area contributed by atoms with Gasteiger partial charge >= 0.3 is 0 Å². The molecule has 1 N–H and O–H groups in total. The molecular formula is C21H18Br2N2O2. The highest BCUT2D eigenvalue weighted by atomic mass is 79.9. The molecular weight excluding hydrogens is 472 g/mol. The van der Waals surface area contributed by atoms with E-state index in [0.717, 1.165) is 37.4 Å². The number of rotatable bonds is 6. The Hall–Kier alpha value is -2.18. The van der Waals surface area contributed by atoms with E-state index < -0.39 is 0 Å². The molecule has 0 saturated heterocycles. The lowest BCUT2D eigenvalue weighted by Crippen LogP contribution is -2.26. The topological polar surface area (TPSA) is 50.7 Å². The fourth-order valence-electron chi connectivity index (χ4n) is 2.64. The number of hydrazone groups is 1. The standard InChI is InChI=1S/C21H18Br2N2O2/c1-2-18(14-6-4-3-5-7-14)24-25-20(26)13-27-19-11-8-15-12-16(22)9-10-17(15)21(19)23/h3-12H,2,13H2,1H3,(H,25,26)/b24-18+. The minimum Gasteiger partial charge on any atom is -0.483 e. The average molecular weight is 490 g/mol. The first-order chi connectivity index (χ1) is 13.1. The predicted molar refractivity (Wildman–Crippen MR) is 116 cm³/mol. The molecule has 0 spiro atoms. The number of hydrogen-bond donors (Lipinski definition) is 1. The molecule has 138 valence electrons. The lowest BCUT2D eigenvalue weighted by Gasteiger charge is -2.10. The van der Waals surface area contributed by atoms with Crippen LogP contribution in [-0.4, -0.2) is 18.2 Å². The van der Waals surface area contributed by atoms with Crippen LogP contribution in [0.25, 0.3) is 10.8 Å². The molecule has 27 heavy (non-hydrogen) atoms. The molecule has 0 radical (unpaired) electrons. The molecule has 0 unspecified atom stereocenters. The van der Waals surface area contributed by atoms with Crippen molar-refractivity contribution in [3.8, 4) is 5.75 Å². The molecule has 0 aromatic heterocycles. The van der Waals surface area contributed by atoms with Crippen LogP contribution < -0.4 is 10.2 Å². The lowest BCUT2D eigenvalue weighted by molar-refractivity contribution is -0.123. The van der Waals surface area contributed by atoms with Crippen molar-refractivity contribution < 1.29 is 9.53 Å². The molecule has 0 heterocycles. The second kappa shape index (κ2) is 9.15. The van der Waals surface area contributed by atoms with Crippen LogP contribution in [0.4, 0.5) is 0 Å². The SMILES string of the molecule is CC/C(=N\NC(=O)COc1ccc2cc(Br)ccc2c1Br)c1ccccc1. The highest BCUT2D eigenvalue weighted by molar-refractivity contribution is 9.11. The number of halogens is 2. The monoisotopic (exact) mass is 488 g/mol. The second-order valence-corrected chi connectivity index (χ2v) is 7.55. The van der Waals surface area contributed by atoms with Crippen molar-refractivity contribution in [1.29, 1.82) is 0 Å². The van der Waals surface area contributed by atoms with Crippen LogP contribution in [0.5, 0.6) is 5.75 Å². The summed E-state index contributed by atoms with van der Waals surface area (Å²) in [5, 5.41) is 6.32. The third-order valence-corrected chi connectivity index (χ3v) is 5.31. The van der Waals surface area contributed by atoms with E-state index in [0.29, 0.717) is 5.75 Å². The van der Waals surface area contributed by atoms with Crippen LogP contribution in [0.3, 0.4) is 0 Å². The Morgan fingerprint density at radius 1 is 1.07 bits per heavy atom. The molecule has 0 aliphatic carbocycles. The minimum absolute atomic E-state index is 0.115. The van der Waals surface area contributed by atoms with Crippen LogP contribution >= 0.6 is 31.9 Å². The zero-order valence-electron chi connectivity index (χ0n) is 14.7. The Labute approximate surface area is 174 Å². The third-order valence-electron chi connectivity index (χ3n) is 4.00. The van der Waals surface area contributed by atoms with Gasteiger partial charge in [-0.15, -0.1) is 0 Å². The van der Waals surface area contributed by atoms with Crippen molar-refractivity contribution in [2.45, 2.75) is 13.3 Å². The van der Waals surface area contributed by atoms with Crippen molar-refractivity contribution in [3.63, 3.8) is 0 Å². The minimum atomic E-state index is -0.306. The molecule has 6 heteroatoms. The van der Waals surface area contributed by atoms with E-state index in [1.165, 1.54) is 0 Å². The summed E-state index contributed by atoms with van der Waals surface area (Å²) in [4.78, 5) is 12.1. The Kier molecular flexibility index (Phi) is 6.63. The van der Waals surface area contributed by atoms with Crippen LogP contribution in [0.1, 0.15) is 18.9 Å². The summed E-state index contributed by atoms with van der Waals surface area (Å²) < 4.78 is 7.50. The number of benzene rings is 3. The van der Waals surface area contributed by atoms with Crippen molar-refractivity contribution in [3.05, 3.63) is 75.2 Å². The molecule has 0 fully saturated rings. The quantitative estimate of drug-likeness (QED) is 0.358. The number of ether oxygens (including phenoxy) is 1. The van der Waals surface area contributed by atoms with Gasteiger partial charge in [-0.3, -0.25) is 4.79 Å². The van der Waals surface area contributed by atoms with Gasteiger partial charge in [0.25, 0.3) is 5.91 Å². The summed E-state index contributed by atoms with van der Waals surface area (Å²) in [5.41, 5.74) is 4.38. The van der Waals surface area contributed by atoms with Gasteiger partial charge < -0.3 is 4.74 Å². The van der Waals surface area contributed by atoms with E-state index >= 15 is 0 Å². The molecule has 0 bridgehead atoms. The number of nitrogens with one attached hydrogen (secondary N) is 1. The average Bonchev–Trinajstić information content (AvgIpc) is 2.68. The number of hydrogen-bond acceptors (Lipinski definition) is 3. The molecule has 3 rings (SSSR count). The van der Waals surface area contributed by atoms with E-state index in [-0.39, 0.29) is 12.5 Å². The zero-order chi connectivity index (χ0) is 19.2. The van der Waals surface area contributed by atoms with Gasteiger partial charge in [-0.25, -0.2) is 5.43 Å². The molecule has 4 nitrogen and oxygen atoms in total. The number of carbonyl (C=O) groups excluding carboxylic acids is 1. The molecule has 0 atom stereocenters. The van der Waals surface area contributed by atoms with Crippen molar-refractivity contribution in [2.75, 3.05) is 6.61 Å². The Morgan fingerprint density at radius 2 is 1.85 bits per heavy atom. The maximum Gasteiger partial charge on any atom is 0.277 e. The van der Waals surface area contributed by atoms with Crippen LogP contribution in [0, 0.1) is 0 Å². The molecule has 0 saturated carbocycles. The number of fused-ring (bicyclic) bond motifs is 1. The lowest BCUT2D eigenvalue weighted by atomic mass is 10.1. The van der Waals surface area contributed by atoms with E-state index in [1.807, 2.05) is 67.6 Å². The maximum atomic E-state index is 12.1. The first-order valence-corrected chi connectivity index (χ1v) is 10.1. The fourth-order valence-corrected chi connectivity index (χ4v) is 3.62. The van der Waals surface area contributed by atoms with Gasteiger partial charge in [0.2, 0.25) is 0 Å². The van der Waals surface area contributed by atoms with E-state index in [2.05, 4.69) is 42.4 Å². The van der Waals surface area contributed by atoms with Crippen LogP contribution in [0.2, 0.25) is 0 Å². The summed E-state index contributed by atoms with van der Waals surface area (Å²) in [6, 6.07) is 19.6. The van der Waals surface area contributed by atoms with E-state index in [1.54, 1.807) is 0 Å². The van der Waals surface area contributed by atoms with Gasteiger partial charge in [-0.05, 0) is 56.9 Å². The van der Waals surface area contributed by atoms with Gasteiger partial charge in [0, 0.05) is 4.47 Å². The van der Waals surface area contributed by atoms with Gasteiger partial charge in [0.1, 0.15) is 5.75 Å². The summed E-state index contributed by atoms with van der Waals surface area (Å²) >= 11 is 7.03.